The smallest absolute Gasteiger partial charge is 0.312 e. The molecule has 3 saturated heterocycles. The predicted octanol–water partition coefficient (Wildman–Crippen LogP) is 2.33. The summed E-state index contributed by atoms with van der Waals surface area (Å²) >= 11 is 3.65. The van der Waals surface area contributed by atoms with Gasteiger partial charge in [-0.1, -0.05) is 35.0 Å². The van der Waals surface area contributed by atoms with E-state index in [4.69, 9.17) is 9.47 Å². The molecule has 2 N–H and O–H groups in total. The van der Waals surface area contributed by atoms with Crippen molar-refractivity contribution in [3.8, 4) is 0 Å². The molecule has 0 saturated carbocycles. The first kappa shape index (κ1) is 32.3. The Balaban J connectivity index is 1.95. The lowest BCUT2D eigenvalue weighted by atomic mass is 9.70. The maximum atomic E-state index is 14.3. The number of esters is 1. The van der Waals surface area contributed by atoms with Crippen LogP contribution in [-0.4, -0.2) is 98.6 Å². The number of ether oxygens (including phenoxy) is 2. The normalized spacial score (nSPS) is 30.4. The summed E-state index contributed by atoms with van der Waals surface area (Å²) in [5.41, 5.74) is -1.84. The summed E-state index contributed by atoms with van der Waals surface area (Å²) in [6, 6.07) is -1.64. The minimum atomic E-state index is -1.26. The number of nitrogens with zero attached hydrogens (tertiary/aromatic N) is 2. The number of amides is 3. The number of halogens is 1. The van der Waals surface area contributed by atoms with Crippen LogP contribution in [0.15, 0.2) is 25.3 Å². The van der Waals surface area contributed by atoms with Gasteiger partial charge in [-0.3, -0.25) is 19.2 Å². The van der Waals surface area contributed by atoms with Crippen molar-refractivity contribution in [2.24, 2.45) is 11.8 Å². The largest absolute Gasteiger partial charge is 0.460 e. The van der Waals surface area contributed by atoms with Crippen LogP contribution < -0.4 is 5.32 Å². The van der Waals surface area contributed by atoms with E-state index in [2.05, 4.69) is 34.4 Å². The Morgan fingerprint density at radius 2 is 2.00 bits per heavy atom. The minimum absolute atomic E-state index is 0.124. The predicted molar refractivity (Wildman–Crippen MR) is 153 cm³/mol. The number of rotatable bonds is 13. The van der Waals surface area contributed by atoms with Crippen molar-refractivity contribution in [1.82, 2.24) is 15.1 Å². The van der Waals surface area contributed by atoms with Crippen molar-refractivity contribution in [3.05, 3.63) is 25.3 Å². The van der Waals surface area contributed by atoms with Gasteiger partial charge >= 0.3 is 5.97 Å². The molecule has 3 aliphatic heterocycles. The molecule has 0 aromatic heterocycles. The number of alkyl halides is 1. The molecule has 3 amide bonds. The molecule has 0 radical (unpaired) electrons. The minimum Gasteiger partial charge on any atom is -0.460 e. The highest BCUT2D eigenvalue weighted by atomic mass is 79.9. The van der Waals surface area contributed by atoms with E-state index in [9.17, 15) is 24.3 Å². The Morgan fingerprint density at radius 3 is 2.55 bits per heavy atom. The van der Waals surface area contributed by atoms with Gasteiger partial charge in [-0.05, 0) is 47.0 Å². The molecular weight excluding hydrogens is 582 g/mol. The van der Waals surface area contributed by atoms with E-state index in [1.807, 2.05) is 27.7 Å². The number of hydrogen-bond donors (Lipinski definition) is 2. The van der Waals surface area contributed by atoms with E-state index in [1.54, 1.807) is 24.0 Å². The second kappa shape index (κ2) is 12.7. The standard InChI is InChI=1S/C29H44BrN3O7/c1-8-11-12-20(35)31-15-17(4)39-27(38)21-22-25(36)33(18(10-3)16-34)24(29(22)14-19(30)23(21)40-29)26(37)32(13-9-2)28(5,6)7/h8-9,17-19,21-24,34H,1-2,10-16H2,3-7H3,(H,31,35)/t17-,18-,19?,21-,22+,23-,24-,29+/m0/s1. The van der Waals surface area contributed by atoms with Gasteiger partial charge in [0, 0.05) is 23.3 Å². The average molecular weight is 627 g/mol. The molecule has 3 fully saturated rings. The zero-order chi connectivity index (χ0) is 30.0. The Morgan fingerprint density at radius 1 is 1.32 bits per heavy atom. The second-order valence-corrected chi connectivity index (χ2v) is 13.1. The highest BCUT2D eigenvalue weighted by molar-refractivity contribution is 9.09. The van der Waals surface area contributed by atoms with E-state index in [0.29, 0.717) is 25.7 Å². The second-order valence-electron chi connectivity index (χ2n) is 11.9. The molecule has 2 bridgehead atoms. The van der Waals surface area contributed by atoms with E-state index in [1.165, 1.54) is 4.90 Å². The lowest BCUT2D eigenvalue weighted by Gasteiger charge is -2.43. The maximum absolute atomic E-state index is 14.3. The molecular formula is C29H44BrN3O7. The Labute approximate surface area is 245 Å². The molecule has 1 spiro atoms. The molecule has 224 valence electrons. The molecule has 1 unspecified atom stereocenters. The van der Waals surface area contributed by atoms with Gasteiger partial charge in [0.25, 0.3) is 0 Å². The number of aliphatic hydroxyl groups excluding tert-OH is 1. The highest BCUT2D eigenvalue weighted by Crippen LogP contribution is 2.61. The topological polar surface area (TPSA) is 125 Å². The summed E-state index contributed by atoms with van der Waals surface area (Å²) in [5.74, 6) is -3.35. The third-order valence-electron chi connectivity index (χ3n) is 8.18. The van der Waals surface area contributed by atoms with Crippen molar-refractivity contribution in [2.45, 2.75) is 101 Å². The van der Waals surface area contributed by atoms with Crippen LogP contribution in [0.1, 0.15) is 60.3 Å². The highest BCUT2D eigenvalue weighted by Gasteiger charge is 2.77. The third kappa shape index (κ3) is 5.87. The quantitative estimate of drug-likeness (QED) is 0.183. The fraction of sp³-hybridized carbons (Fsp3) is 0.724. The number of carbonyl (C=O) groups excluding carboxylic acids is 4. The van der Waals surface area contributed by atoms with Crippen molar-refractivity contribution >= 4 is 39.6 Å². The number of nitrogens with one attached hydrogen (secondary N) is 1. The Bertz CT molecular complexity index is 1010. The number of likely N-dealkylation sites (tertiary alicyclic amines) is 1. The molecule has 11 heteroatoms. The van der Waals surface area contributed by atoms with Crippen LogP contribution in [0.2, 0.25) is 0 Å². The van der Waals surface area contributed by atoms with Crippen molar-refractivity contribution in [2.75, 3.05) is 19.7 Å². The SMILES string of the molecule is C=CCCC(=O)NC[C@H](C)OC(=O)[C@@H]1[C@H]2O[C@@]3(CC2Br)[C@H](C(=O)N(CC=C)C(C)(C)C)N([C@@H](CC)CO)C(=O)[C@@H]13. The first-order chi connectivity index (χ1) is 18.8. The first-order valence-electron chi connectivity index (χ1n) is 14.0. The zero-order valence-electron chi connectivity index (χ0n) is 24.2. The number of carbonyl (C=O) groups is 4. The van der Waals surface area contributed by atoms with Gasteiger partial charge in [-0.2, -0.15) is 0 Å². The fourth-order valence-electron chi connectivity index (χ4n) is 6.29. The summed E-state index contributed by atoms with van der Waals surface area (Å²) in [6.07, 6.45) is 3.60. The van der Waals surface area contributed by atoms with Crippen LogP contribution in [0.3, 0.4) is 0 Å². The third-order valence-corrected chi connectivity index (χ3v) is 9.02. The van der Waals surface area contributed by atoms with Gasteiger partial charge in [-0.15, -0.1) is 13.2 Å². The molecule has 3 aliphatic rings. The summed E-state index contributed by atoms with van der Waals surface area (Å²) < 4.78 is 12.2. The number of aliphatic hydroxyl groups is 1. The van der Waals surface area contributed by atoms with Gasteiger partial charge in [-0.25, -0.2) is 0 Å². The lowest BCUT2D eigenvalue weighted by molar-refractivity contribution is -0.160. The van der Waals surface area contributed by atoms with E-state index in [-0.39, 0.29) is 42.2 Å². The molecule has 3 rings (SSSR count). The lowest BCUT2D eigenvalue weighted by Crippen LogP contribution is -2.61. The molecule has 8 atom stereocenters. The zero-order valence-corrected chi connectivity index (χ0v) is 25.8. The van der Waals surface area contributed by atoms with Crippen LogP contribution in [0.4, 0.5) is 0 Å². The molecule has 3 heterocycles. The van der Waals surface area contributed by atoms with Crippen molar-refractivity contribution in [1.29, 1.82) is 0 Å². The Kier molecular flexibility index (Phi) is 10.3. The van der Waals surface area contributed by atoms with E-state index in [0.717, 1.165) is 0 Å². The van der Waals surface area contributed by atoms with Crippen molar-refractivity contribution < 1.29 is 33.8 Å². The van der Waals surface area contributed by atoms with Crippen LogP contribution in [0, 0.1) is 11.8 Å². The summed E-state index contributed by atoms with van der Waals surface area (Å²) in [7, 11) is 0. The summed E-state index contributed by atoms with van der Waals surface area (Å²) in [4.78, 5) is 56.9. The molecule has 40 heavy (non-hydrogen) atoms. The van der Waals surface area contributed by atoms with Crippen LogP contribution in [-0.2, 0) is 28.7 Å². The Hall–Kier alpha value is -2.24. The van der Waals surface area contributed by atoms with Gasteiger partial charge in [0.2, 0.25) is 17.7 Å². The van der Waals surface area contributed by atoms with Gasteiger partial charge in [0.1, 0.15) is 17.7 Å². The molecule has 10 nitrogen and oxygen atoms in total. The monoisotopic (exact) mass is 625 g/mol. The molecule has 0 aliphatic carbocycles. The van der Waals surface area contributed by atoms with Crippen LogP contribution in [0.5, 0.6) is 0 Å². The summed E-state index contributed by atoms with van der Waals surface area (Å²) in [5, 5.41) is 13.0. The van der Waals surface area contributed by atoms with Gasteiger partial charge in [0.15, 0.2) is 0 Å². The van der Waals surface area contributed by atoms with Gasteiger partial charge in [0.05, 0.1) is 37.1 Å². The first-order valence-corrected chi connectivity index (χ1v) is 15.0. The van der Waals surface area contributed by atoms with E-state index >= 15 is 0 Å². The van der Waals surface area contributed by atoms with Crippen LogP contribution in [0.25, 0.3) is 0 Å². The number of hydrogen-bond acceptors (Lipinski definition) is 7. The van der Waals surface area contributed by atoms with Gasteiger partial charge < -0.3 is 29.7 Å². The molecule has 0 aromatic carbocycles. The van der Waals surface area contributed by atoms with Crippen LogP contribution >= 0.6 is 15.9 Å². The molecule has 0 aromatic rings. The number of allylic oxidation sites excluding steroid dienone is 1. The number of fused-ring (bicyclic) bond motifs is 1. The maximum Gasteiger partial charge on any atom is 0.312 e. The summed E-state index contributed by atoms with van der Waals surface area (Å²) in [6.45, 7) is 16.7. The fourth-order valence-corrected chi connectivity index (χ4v) is 7.23. The average Bonchev–Trinajstić information content (AvgIpc) is 3.48. The van der Waals surface area contributed by atoms with E-state index < -0.39 is 53.2 Å². The van der Waals surface area contributed by atoms with Crippen molar-refractivity contribution in [3.63, 3.8) is 0 Å².